The smallest absolute Gasteiger partial charge is 0.223 e. The number of benzene rings is 3. The summed E-state index contributed by atoms with van der Waals surface area (Å²) < 4.78 is 5.33. The minimum atomic E-state index is -0.124. The third kappa shape index (κ3) is 7.76. The van der Waals surface area contributed by atoms with E-state index in [0.29, 0.717) is 13.0 Å². The summed E-state index contributed by atoms with van der Waals surface area (Å²) in [4.78, 5) is 15.8. The molecule has 0 aliphatic heterocycles. The first-order valence-corrected chi connectivity index (χ1v) is 12.7. The minimum absolute atomic E-state index is 0.124. The van der Waals surface area contributed by atoms with Crippen LogP contribution in [0, 0.1) is 0 Å². The molecule has 0 saturated heterocycles. The summed E-state index contributed by atoms with van der Waals surface area (Å²) in [5.74, 6) is 1.04. The lowest BCUT2D eigenvalue weighted by molar-refractivity contribution is -0.133. The van der Waals surface area contributed by atoms with E-state index >= 15 is 0 Å². The molecule has 0 aliphatic rings. The lowest BCUT2D eigenvalue weighted by atomic mass is 9.95. The molecule has 0 fully saturated rings. The zero-order chi connectivity index (χ0) is 24.0. The highest BCUT2D eigenvalue weighted by atomic mass is 16.5. The Morgan fingerprint density at radius 3 is 1.79 bits per heavy atom. The van der Waals surface area contributed by atoms with Gasteiger partial charge < -0.3 is 9.64 Å². The standard InChI is InChI=1S/C31H39NO2/c1-3-4-5-6-7-8-15-20-30(33)32(25-26-21-23-29(34-2)24-22-26)31(27-16-11-9-12-17-27)28-18-13-10-14-19-28/h9-14,16-19,21-24,31H,3-8,15,20,25H2,1-2H3. The van der Waals surface area contributed by atoms with Crippen LogP contribution in [0.5, 0.6) is 5.75 Å². The van der Waals surface area contributed by atoms with Crippen molar-refractivity contribution in [1.82, 2.24) is 4.90 Å². The van der Waals surface area contributed by atoms with Crippen molar-refractivity contribution in [1.29, 1.82) is 0 Å². The molecule has 3 aromatic rings. The second-order valence-electron chi connectivity index (χ2n) is 8.96. The third-order valence-electron chi connectivity index (χ3n) is 6.37. The van der Waals surface area contributed by atoms with Gasteiger partial charge in [-0.1, -0.05) is 118 Å². The molecule has 0 heterocycles. The van der Waals surface area contributed by atoms with Crippen LogP contribution in [0.3, 0.4) is 0 Å². The predicted octanol–water partition coefficient (Wildman–Crippen LogP) is 7.95. The Balaban J connectivity index is 1.82. The second-order valence-corrected chi connectivity index (χ2v) is 8.96. The van der Waals surface area contributed by atoms with Crippen molar-refractivity contribution in [2.75, 3.05) is 7.11 Å². The number of rotatable bonds is 14. The molecule has 3 aromatic carbocycles. The Morgan fingerprint density at radius 2 is 1.26 bits per heavy atom. The van der Waals surface area contributed by atoms with E-state index in [4.69, 9.17) is 4.74 Å². The van der Waals surface area contributed by atoms with Gasteiger partial charge in [0.25, 0.3) is 0 Å². The number of carbonyl (C=O) groups is 1. The maximum Gasteiger partial charge on any atom is 0.223 e. The first-order chi connectivity index (χ1) is 16.7. The van der Waals surface area contributed by atoms with Crippen LogP contribution >= 0.6 is 0 Å². The Labute approximate surface area is 205 Å². The Kier molecular flexibility index (Phi) is 10.7. The highest BCUT2D eigenvalue weighted by Crippen LogP contribution is 2.31. The molecule has 0 aromatic heterocycles. The Morgan fingerprint density at radius 1 is 0.735 bits per heavy atom. The van der Waals surface area contributed by atoms with E-state index in [1.54, 1.807) is 7.11 Å². The molecule has 0 N–H and O–H groups in total. The molecule has 3 rings (SSSR count). The van der Waals surface area contributed by atoms with Crippen LogP contribution in [-0.2, 0) is 11.3 Å². The molecule has 0 saturated carbocycles. The minimum Gasteiger partial charge on any atom is -0.497 e. The first kappa shape index (κ1) is 25.6. The van der Waals surface area contributed by atoms with Crippen molar-refractivity contribution in [3.63, 3.8) is 0 Å². The van der Waals surface area contributed by atoms with Crippen LogP contribution in [0.4, 0.5) is 0 Å². The number of ether oxygens (including phenoxy) is 1. The van der Waals surface area contributed by atoms with E-state index in [0.717, 1.165) is 35.3 Å². The molecule has 0 aliphatic carbocycles. The molecule has 0 atom stereocenters. The van der Waals surface area contributed by atoms with Gasteiger partial charge in [0.1, 0.15) is 5.75 Å². The number of hydrogen-bond donors (Lipinski definition) is 0. The summed E-state index contributed by atoms with van der Waals surface area (Å²) in [5, 5.41) is 0. The summed E-state index contributed by atoms with van der Waals surface area (Å²) in [5.41, 5.74) is 3.37. The van der Waals surface area contributed by atoms with Crippen molar-refractivity contribution >= 4 is 5.91 Å². The van der Waals surface area contributed by atoms with Crippen LogP contribution in [0.25, 0.3) is 0 Å². The molecule has 1 amide bonds. The van der Waals surface area contributed by atoms with Gasteiger partial charge >= 0.3 is 0 Å². The Hall–Kier alpha value is -3.07. The summed E-state index contributed by atoms with van der Waals surface area (Å²) >= 11 is 0. The summed E-state index contributed by atoms with van der Waals surface area (Å²) in [7, 11) is 1.67. The fourth-order valence-corrected chi connectivity index (χ4v) is 4.45. The third-order valence-corrected chi connectivity index (χ3v) is 6.37. The van der Waals surface area contributed by atoms with Gasteiger partial charge in [0.2, 0.25) is 5.91 Å². The fourth-order valence-electron chi connectivity index (χ4n) is 4.45. The first-order valence-electron chi connectivity index (χ1n) is 12.7. The van der Waals surface area contributed by atoms with Crippen LogP contribution < -0.4 is 4.74 Å². The number of unbranched alkanes of at least 4 members (excludes halogenated alkanes) is 6. The molecule has 0 bridgehead atoms. The van der Waals surface area contributed by atoms with Crippen molar-refractivity contribution in [2.45, 2.75) is 70.9 Å². The molecule has 180 valence electrons. The van der Waals surface area contributed by atoms with Crippen molar-refractivity contribution in [2.24, 2.45) is 0 Å². The monoisotopic (exact) mass is 457 g/mol. The van der Waals surface area contributed by atoms with Crippen molar-refractivity contribution in [3.05, 3.63) is 102 Å². The summed E-state index contributed by atoms with van der Waals surface area (Å²) in [6.45, 7) is 2.81. The van der Waals surface area contributed by atoms with Crippen molar-refractivity contribution < 1.29 is 9.53 Å². The average molecular weight is 458 g/mol. The van der Waals surface area contributed by atoms with Gasteiger partial charge in [-0.2, -0.15) is 0 Å². The molecule has 0 spiro atoms. The maximum atomic E-state index is 13.7. The van der Waals surface area contributed by atoms with Gasteiger partial charge in [-0.15, -0.1) is 0 Å². The molecule has 34 heavy (non-hydrogen) atoms. The molecule has 0 unspecified atom stereocenters. The van der Waals surface area contributed by atoms with Gasteiger partial charge in [-0.05, 0) is 35.2 Å². The number of hydrogen-bond acceptors (Lipinski definition) is 2. The SMILES string of the molecule is CCCCCCCCCC(=O)N(Cc1ccc(OC)cc1)C(c1ccccc1)c1ccccc1. The van der Waals surface area contributed by atoms with Crippen LogP contribution in [0.15, 0.2) is 84.9 Å². The normalized spacial score (nSPS) is 10.9. The summed E-state index contributed by atoms with van der Waals surface area (Å²) in [6, 6.07) is 28.7. The molecule has 3 heteroatoms. The molecular weight excluding hydrogens is 418 g/mol. The van der Waals surface area contributed by atoms with Gasteiger partial charge in [-0.25, -0.2) is 0 Å². The van der Waals surface area contributed by atoms with E-state index in [9.17, 15) is 4.79 Å². The second kappa shape index (κ2) is 14.2. The van der Waals surface area contributed by atoms with Gasteiger partial charge in [0.15, 0.2) is 0 Å². The van der Waals surface area contributed by atoms with E-state index in [1.807, 2.05) is 24.3 Å². The van der Waals surface area contributed by atoms with Gasteiger partial charge in [0, 0.05) is 13.0 Å². The predicted molar refractivity (Wildman–Crippen MR) is 141 cm³/mol. The number of methoxy groups -OCH3 is 1. The Bertz CT molecular complexity index is 914. The largest absolute Gasteiger partial charge is 0.497 e. The zero-order valence-electron chi connectivity index (χ0n) is 20.8. The van der Waals surface area contributed by atoms with Crippen LogP contribution in [0.2, 0.25) is 0 Å². The maximum absolute atomic E-state index is 13.7. The highest BCUT2D eigenvalue weighted by molar-refractivity contribution is 5.77. The zero-order valence-corrected chi connectivity index (χ0v) is 20.8. The lowest BCUT2D eigenvalue weighted by Crippen LogP contribution is -2.35. The number of amides is 1. The molecular formula is C31H39NO2. The lowest BCUT2D eigenvalue weighted by Gasteiger charge is -2.33. The summed E-state index contributed by atoms with van der Waals surface area (Å²) in [6.07, 6.45) is 9.01. The number of carbonyl (C=O) groups excluding carboxylic acids is 1. The van der Waals surface area contributed by atoms with Gasteiger partial charge in [0.05, 0.1) is 13.2 Å². The average Bonchev–Trinajstić information content (AvgIpc) is 2.89. The quantitative estimate of drug-likeness (QED) is 0.230. The van der Waals surface area contributed by atoms with E-state index in [2.05, 4.69) is 72.5 Å². The molecule has 0 radical (unpaired) electrons. The highest BCUT2D eigenvalue weighted by Gasteiger charge is 2.26. The van der Waals surface area contributed by atoms with Gasteiger partial charge in [-0.3, -0.25) is 4.79 Å². The van der Waals surface area contributed by atoms with E-state index in [-0.39, 0.29) is 11.9 Å². The van der Waals surface area contributed by atoms with Crippen LogP contribution in [0.1, 0.15) is 81.0 Å². The van der Waals surface area contributed by atoms with E-state index < -0.39 is 0 Å². The van der Waals surface area contributed by atoms with Crippen LogP contribution in [-0.4, -0.2) is 17.9 Å². The fraction of sp³-hybridized carbons (Fsp3) is 0.387. The number of nitrogens with zero attached hydrogens (tertiary/aromatic N) is 1. The topological polar surface area (TPSA) is 29.5 Å². The molecule has 3 nitrogen and oxygen atoms in total. The van der Waals surface area contributed by atoms with E-state index in [1.165, 1.54) is 32.1 Å². The van der Waals surface area contributed by atoms with Crippen molar-refractivity contribution in [3.8, 4) is 5.75 Å².